The zero-order valence-electron chi connectivity index (χ0n) is 14.0. The molecule has 24 heavy (non-hydrogen) atoms. The molecule has 0 atom stereocenters. The highest BCUT2D eigenvalue weighted by Crippen LogP contribution is 2.28. The van der Waals surface area contributed by atoms with Gasteiger partial charge in [0.05, 0.1) is 5.69 Å². The van der Waals surface area contributed by atoms with Crippen molar-refractivity contribution in [3.05, 3.63) is 29.8 Å². The number of anilines is 2. The fraction of sp³-hybridized carbons (Fsp3) is 0.400. The van der Waals surface area contributed by atoms with E-state index in [2.05, 4.69) is 15.5 Å². The summed E-state index contributed by atoms with van der Waals surface area (Å²) in [5, 5.41) is 10.2. The van der Waals surface area contributed by atoms with Gasteiger partial charge in [-0.15, -0.1) is 10.2 Å². The molecule has 0 fully saturated rings. The second kappa shape index (κ2) is 7.27. The molecule has 1 aromatic heterocycles. The monoisotopic (exact) mass is 368 g/mol. The molecule has 2 rings (SSSR count). The van der Waals surface area contributed by atoms with Crippen LogP contribution in [0.15, 0.2) is 28.6 Å². The van der Waals surface area contributed by atoms with Gasteiger partial charge in [-0.25, -0.2) is 0 Å². The van der Waals surface area contributed by atoms with E-state index in [1.54, 1.807) is 12.1 Å². The standard InChI is InChI=1S/C15H20N4O3S2/c1-10(2)9-13(20)16-14-17-18-15(23-14)24(21,22)19(4)12-8-6-5-7-11(12)3/h5-8,10H,9H2,1-4H3,(H,16,17,20). The van der Waals surface area contributed by atoms with Crippen LogP contribution in [-0.2, 0) is 14.8 Å². The van der Waals surface area contributed by atoms with Gasteiger partial charge in [0, 0.05) is 13.5 Å². The molecule has 1 heterocycles. The van der Waals surface area contributed by atoms with Gasteiger partial charge in [0.15, 0.2) is 0 Å². The number of sulfonamides is 1. The van der Waals surface area contributed by atoms with Crippen molar-refractivity contribution in [1.82, 2.24) is 10.2 Å². The lowest BCUT2D eigenvalue weighted by Crippen LogP contribution is -2.27. The Hall–Kier alpha value is -2.00. The van der Waals surface area contributed by atoms with Gasteiger partial charge in [0.2, 0.25) is 11.0 Å². The van der Waals surface area contributed by atoms with Crippen LogP contribution in [0.3, 0.4) is 0 Å². The number of benzene rings is 1. The molecule has 0 saturated heterocycles. The molecule has 7 nitrogen and oxygen atoms in total. The van der Waals surface area contributed by atoms with E-state index in [0.29, 0.717) is 12.1 Å². The van der Waals surface area contributed by atoms with Crippen molar-refractivity contribution in [3.63, 3.8) is 0 Å². The van der Waals surface area contributed by atoms with E-state index in [4.69, 9.17) is 0 Å². The van der Waals surface area contributed by atoms with Crippen molar-refractivity contribution >= 4 is 38.1 Å². The molecule has 1 N–H and O–H groups in total. The third kappa shape index (κ3) is 4.09. The van der Waals surface area contributed by atoms with Gasteiger partial charge in [-0.05, 0) is 24.5 Å². The molecule has 0 radical (unpaired) electrons. The van der Waals surface area contributed by atoms with Crippen molar-refractivity contribution in [3.8, 4) is 0 Å². The molecule has 0 aliphatic carbocycles. The highest BCUT2D eigenvalue weighted by atomic mass is 32.2. The summed E-state index contributed by atoms with van der Waals surface area (Å²) in [6.45, 7) is 5.68. The summed E-state index contributed by atoms with van der Waals surface area (Å²) in [5.74, 6) is -0.00864. The summed E-state index contributed by atoms with van der Waals surface area (Å²) in [6, 6.07) is 7.16. The maximum absolute atomic E-state index is 12.7. The molecule has 130 valence electrons. The minimum atomic E-state index is -3.83. The average Bonchev–Trinajstić information content (AvgIpc) is 2.95. The lowest BCUT2D eigenvalue weighted by Gasteiger charge is -2.19. The quantitative estimate of drug-likeness (QED) is 0.791. The number of nitrogens with one attached hydrogen (secondary N) is 1. The molecule has 0 saturated carbocycles. The first kappa shape index (κ1) is 18.3. The van der Waals surface area contributed by atoms with Crippen LogP contribution >= 0.6 is 11.3 Å². The van der Waals surface area contributed by atoms with Crippen LogP contribution < -0.4 is 9.62 Å². The Balaban J connectivity index is 2.22. The Kier molecular flexibility index (Phi) is 5.55. The largest absolute Gasteiger partial charge is 0.300 e. The SMILES string of the molecule is Cc1ccccc1N(C)S(=O)(=O)c1nnc(NC(=O)CC(C)C)s1. The molecule has 1 amide bonds. The maximum atomic E-state index is 12.7. The lowest BCUT2D eigenvalue weighted by atomic mass is 10.1. The van der Waals surface area contributed by atoms with Gasteiger partial charge in [0.25, 0.3) is 14.4 Å². The number of hydrogen-bond donors (Lipinski definition) is 1. The molecule has 0 aliphatic heterocycles. The van der Waals surface area contributed by atoms with E-state index in [-0.39, 0.29) is 21.3 Å². The summed E-state index contributed by atoms with van der Waals surface area (Å²) in [5.41, 5.74) is 1.40. The van der Waals surface area contributed by atoms with E-state index < -0.39 is 10.0 Å². The van der Waals surface area contributed by atoms with Crippen molar-refractivity contribution in [2.24, 2.45) is 5.92 Å². The lowest BCUT2D eigenvalue weighted by molar-refractivity contribution is -0.116. The van der Waals surface area contributed by atoms with Crippen LogP contribution in [0.5, 0.6) is 0 Å². The summed E-state index contributed by atoms with van der Waals surface area (Å²) in [6.07, 6.45) is 0.338. The zero-order valence-corrected chi connectivity index (χ0v) is 15.6. The Bertz CT molecular complexity index is 831. The number of carbonyl (C=O) groups is 1. The van der Waals surface area contributed by atoms with Crippen LogP contribution in [0.4, 0.5) is 10.8 Å². The Labute approximate surface area is 145 Å². The summed E-state index contributed by atoms with van der Waals surface area (Å²) >= 11 is 0.840. The number of aromatic nitrogens is 2. The van der Waals surface area contributed by atoms with Gasteiger partial charge in [-0.2, -0.15) is 8.42 Å². The molecule has 0 spiro atoms. The third-order valence-corrected chi connectivity index (χ3v) is 6.24. The predicted octanol–water partition coefficient (Wildman–Crippen LogP) is 2.66. The van der Waals surface area contributed by atoms with Gasteiger partial charge in [-0.3, -0.25) is 9.10 Å². The van der Waals surface area contributed by atoms with Crippen LogP contribution in [-0.4, -0.2) is 31.6 Å². The number of rotatable bonds is 6. The Morgan fingerprint density at radius 1 is 1.29 bits per heavy atom. The van der Waals surface area contributed by atoms with Crippen LogP contribution in [0.1, 0.15) is 25.8 Å². The van der Waals surface area contributed by atoms with Gasteiger partial charge in [0.1, 0.15) is 0 Å². The first-order valence-corrected chi connectivity index (χ1v) is 9.65. The third-order valence-electron chi connectivity index (χ3n) is 3.28. The van der Waals surface area contributed by atoms with E-state index >= 15 is 0 Å². The Morgan fingerprint density at radius 2 is 1.96 bits per heavy atom. The van der Waals surface area contributed by atoms with E-state index in [9.17, 15) is 13.2 Å². The van der Waals surface area contributed by atoms with Crippen molar-refractivity contribution in [2.75, 3.05) is 16.7 Å². The normalized spacial score (nSPS) is 11.5. The highest BCUT2D eigenvalue weighted by molar-refractivity contribution is 7.94. The minimum absolute atomic E-state index is 0.159. The molecular weight excluding hydrogens is 348 g/mol. The van der Waals surface area contributed by atoms with Gasteiger partial charge < -0.3 is 5.32 Å². The zero-order chi connectivity index (χ0) is 17.9. The molecule has 9 heteroatoms. The van der Waals surface area contributed by atoms with Crippen molar-refractivity contribution in [1.29, 1.82) is 0 Å². The second-order valence-electron chi connectivity index (χ2n) is 5.78. The number of nitrogens with zero attached hydrogens (tertiary/aromatic N) is 3. The fourth-order valence-corrected chi connectivity index (χ4v) is 4.40. The molecule has 0 aliphatic rings. The number of amides is 1. The van der Waals surface area contributed by atoms with Crippen molar-refractivity contribution in [2.45, 2.75) is 31.5 Å². The van der Waals surface area contributed by atoms with Crippen LogP contribution in [0.25, 0.3) is 0 Å². The molecule has 0 bridgehead atoms. The average molecular weight is 368 g/mol. The number of hydrogen-bond acceptors (Lipinski definition) is 6. The van der Waals surface area contributed by atoms with Crippen LogP contribution in [0.2, 0.25) is 0 Å². The van der Waals surface area contributed by atoms with Crippen LogP contribution in [0, 0.1) is 12.8 Å². The first-order valence-electron chi connectivity index (χ1n) is 7.39. The summed E-state index contributed by atoms with van der Waals surface area (Å²) in [4.78, 5) is 11.7. The number of carbonyl (C=O) groups excluding carboxylic acids is 1. The predicted molar refractivity (Wildman–Crippen MR) is 94.8 cm³/mol. The van der Waals surface area contributed by atoms with Crippen molar-refractivity contribution < 1.29 is 13.2 Å². The Morgan fingerprint density at radius 3 is 2.58 bits per heavy atom. The van der Waals surface area contributed by atoms with E-state index in [1.165, 1.54) is 11.4 Å². The van der Waals surface area contributed by atoms with E-state index in [1.807, 2.05) is 32.9 Å². The summed E-state index contributed by atoms with van der Waals surface area (Å²) in [7, 11) is -2.36. The fourth-order valence-electron chi connectivity index (χ4n) is 2.07. The van der Waals surface area contributed by atoms with Gasteiger partial charge >= 0.3 is 0 Å². The minimum Gasteiger partial charge on any atom is -0.300 e. The van der Waals surface area contributed by atoms with E-state index in [0.717, 1.165) is 16.9 Å². The highest BCUT2D eigenvalue weighted by Gasteiger charge is 2.27. The molecule has 0 unspecified atom stereocenters. The smallest absolute Gasteiger partial charge is 0.293 e. The molecular formula is C15H20N4O3S2. The first-order chi connectivity index (χ1) is 11.2. The summed E-state index contributed by atoms with van der Waals surface area (Å²) < 4.78 is 26.4. The van der Waals surface area contributed by atoms with Gasteiger partial charge in [-0.1, -0.05) is 43.4 Å². The molecule has 2 aromatic rings. The second-order valence-corrected chi connectivity index (χ2v) is 8.90. The number of aryl methyl sites for hydroxylation is 1. The topological polar surface area (TPSA) is 92.3 Å². The number of para-hydroxylation sites is 1. The molecule has 1 aromatic carbocycles. The maximum Gasteiger partial charge on any atom is 0.293 e.